The Morgan fingerprint density at radius 2 is 1.62 bits per heavy atom. The Labute approximate surface area is 234 Å². The minimum absolute atomic E-state index is 0.175. The molecule has 2 heterocycles. The van der Waals surface area contributed by atoms with Crippen LogP contribution in [-0.2, 0) is 13.2 Å². The number of hydrogen-bond donors (Lipinski definition) is 1. The predicted octanol–water partition coefficient (Wildman–Crippen LogP) is 7.85. The number of halogens is 3. The fourth-order valence-corrected chi connectivity index (χ4v) is 5.16. The lowest BCUT2D eigenvalue weighted by Gasteiger charge is -2.26. The number of hydrogen-bond acceptors (Lipinski definition) is 3. The molecule has 8 heteroatoms. The van der Waals surface area contributed by atoms with Gasteiger partial charge in [0, 0.05) is 33.3 Å². The molecule has 5 aromatic rings. The lowest BCUT2D eigenvalue weighted by molar-refractivity contribution is 0.0730. The lowest BCUT2D eigenvalue weighted by Crippen LogP contribution is -2.29. The highest BCUT2D eigenvalue weighted by Gasteiger charge is 2.42. The van der Waals surface area contributed by atoms with Crippen molar-refractivity contribution in [3.05, 3.63) is 141 Å². The molecule has 1 amide bonds. The summed E-state index contributed by atoms with van der Waals surface area (Å²) < 4.78 is 19.5. The Morgan fingerprint density at radius 1 is 0.897 bits per heavy atom. The summed E-state index contributed by atoms with van der Waals surface area (Å²) in [5.41, 5.74) is 5.36. The standard InChI is InChI=1S/C31H22Cl2FN3O2/c32-23-11-7-20(8-12-23)28-27-29(36-35-28)31(38)37(17-19-5-13-24(34)14-6-19)30(27)21-9-15-25(16-10-21)39-18-22-3-1-2-4-26(22)33/h1-16,30H,17-18H2,(H,35,36). The van der Waals surface area contributed by atoms with E-state index in [4.69, 9.17) is 27.9 Å². The van der Waals surface area contributed by atoms with Crippen LogP contribution < -0.4 is 4.74 Å². The summed E-state index contributed by atoms with van der Waals surface area (Å²) in [7, 11) is 0. The van der Waals surface area contributed by atoms with Crippen LogP contribution in [0.4, 0.5) is 4.39 Å². The van der Waals surface area contributed by atoms with Crippen molar-refractivity contribution < 1.29 is 13.9 Å². The third kappa shape index (κ3) is 5.01. The van der Waals surface area contributed by atoms with Crippen LogP contribution >= 0.6 is 23.2 Å². The number of aromatic nitrogens is 2. The summed E-state index contributed by atoms with van der Waals surface area (Å²) >= 11 is 12.4. The van der Waals surface area contributed by atoms with E-state index in [2.05, 4.69) is 10.2 Å². The summed E-state index contributed by atoms with van der Waals surface area (Å²) in [6.07, 6.45) is 0. The SMILES string of the molecule is O=C1c2[nH]nc(-c3ccc(Cl)cc3)c2C(c2ccc(OCc3ccccc3Cl)cc2)N1Cc1ccc(F)cc1. The van der Waals surface area contributed by atoms with Crippen molar-refractivity contribution in [1.29, 1.82) is 0 Å². The number of nitrogens with zero attached hydrogens (tertiary/aromatic N) is 2. The molecule has 0 radical (unpaired) electrons. The largest absolute Gasteiger partial charge is 0.489 e. The van der Waals surface area contributed by atoms with Gasteiger partial charge in [-0.05, 0) is 53.6 Å². The number of carbonyl (C=O) groups excluding carboxylic acids is 1. The van der Waals surface area contributed by atoms with Gasteiger partial charge in [-0.1, -0.05) is 77.8 Å². The zero-order valence-electron chi connectivity index (χ0n) is 20.6. The number of nitrogens with one attached hydrogen (secondary N) is 1. The molecule has 1 atom stereocenters. The highest BCUT2D eigenvalue weighted by Crippen LogP contribution is 2.44. The monoisotopic (exact) mass is 557 g/mol. The second kappa shape index (κ2) is 10.6. The molecule has 1 aliphatic rings. The molecule has 0 saturated heterocycles. The number of fused-ring (bicyclic) bond motifs is 1. The zero-order valence-corrected chi connectivity index (χ0v) is 22.1. The first-order chi connectivity index (χ1) is 19.0. The normalized spacial score (nSPS) is 14.5. The highest BCUT2D eigenvalue weighted by atomic mass is 35.5. The molecule has 0 aliphatic carbocycles. The third-order valence-electron chi connectivity index (χ3n) is 6.80. The summed E-state index contributed by atoms with van der Waals surface area (Å²) in [6.45, 7) is 0.640. The summed E-state index contributed by atoms with van der Waals surface area (Å²) in [4.78, 5) is 15.4. The van der Waals surface area contributed by atoms with E-state index in [0.29, 0.717) is 40.3 Å². The first-order valence-corrected chi connectivity index (χ1v) is 13.1. The van der Waals surface area contributed by atoms with E-state index in [1.54, 1.807) is 29.2 Å². The van der Waals surface area contributed by atoms with E-state index in [9.17, 15) is 9.18 Å². The average Bonchev–Trinajstić information content (AvgIpc) is 3.49. The molecular weight excluding hydrogens is 536 g/mol. The van der Waals surface area contributed by atoms with Crippen LogP contribution in [-0.4, -0.2) is 21.0 Å². The van der Waals surface area contributed by atoms with Gasteiger partial charge < -0.3 is 9.64 Å². The number of amides is 1. The zero-order chi connectivity index (χ0) is 26.9. The van der Waals surface area contributed by atoms with E-state index < -0.39 is 6.04 Å². The maximum absolute atomic E-state index is 13.6. The highest BCUT2D eigenvalue weighted by molar-refractivity contribution is 6.31. The summed E-state index contributed by atoms with van der Waals surface area (Å²) in [5, 5.41) is 8.73. The quantitative estimate of drug-likeness (QED) is 0.221. The van der Waals surface area contributed by atoms with Gasteiger partial charge in [0.1, 0.15) is 23.9 Å². The average molecular weight is 558 g/mol. The van der Waals surface area contributed by atoms with E-state index in [-0.39, 0.29) is 11.7 Å². The van der Waals surface area contributed by atoms with Crippen molar-refractivity contribution in [3.8, 4) is 17.0 Å². The lowest BCUT2D eigenvalue weighted by atomic mass is 9.96. The van der Waals surface area contributed by atoms with Crippen molar-refractivity contribution in [2.24, 2.45) is 0 Å². The minimum atomic E-state index is -0.417. The Kier molecular flexibility index (Phi) is 6.81. The fraction of sp³-hybridized carbons (Fsp3) is 0.0968. The molecule has 0 saturated carbocycles. The molecule has 1 aromatic heterocycles. The number of rotatable bonds is 7. The first-order valence-electron chi connectivity index (χ1n) is 12.3. The van der Waals surface area contributed by atoms with Crippen LogP contribution in [0.25, 0.3) is 11.3 Å². The number of H-pyrrole nitrogens is 1. The third-order valence-corrected chi connectivity index (χ3v) is 7.42. The van der Waals surface area contributed by atoms with Crippen molar-refractivity contribution in [2.45, 2.75) is 19.2 Å². The van der Waals surface area contributed by atoms with Crippen LogP contribution in [0.3, 0.4) is 0 Å². The molecule has 5 nitrogen and oxygen atoms in total. The van der Waals surface area contributed by atoms with Gasteiger partial charge in [-0.2, -0.15) is 5.10 Å². The maximum Gasteiger partial charge on any atom is 0.273 e. The maximum atomic E-state index is 13.6. The van der Waals surface area contributed by atoms with Crippen LogP contribution in [0.2, 0.25) is 10.0 Å². The van der Waals surface area contributed by atoms with Crippen LogP contribution in [0.5, 0.6) is 5.75 Å². The number of ether oxygens (including phenoxy) is 1. The van der Waals surface area contributed by atoms with Crippen molar-refractivity contribution in [3.63, 3.8) is 0 Å². The number of benzene rings is 4. The molecular formula is C31H22Cl2FN3O2. The van der Waals surface area contributed by atoms with Crippen LogP contribution in [0, 0.1) is 5.82 Å². The second-order valence-electron chi connectivity index (χ2n) is 9.28. The smallest absolute Gasteiger partial charge is 0.273 e. The van der Waals surface area contributed by atoms with Crippen molar-refractivity contribution in [1.82, 2.24) is 15.1 Å². The van der Waals surface area contributed by atoms with Gasteiger partial charge >= 0.3 is 0 Å². The van der Waals surface area contributed by atoms with Gasteiger partial charge in [0.05, 0.1) is 11.7 Å². The molecule has 4 aromatic carbocycles. The molecule has 0 spiro atoms. The summed E-state index contributed by atoms with van der Waals surface area (Å²) in [5.74, 6) is 0.180. The second-order valence-corrected chi connectivity index (χ2v) is 10.1. The van der Waals surface area contributed by atoms with E-state index >= 15 is 0 Å². The molecule has 1 aliphatic heterocycles. The van der Waals surface area contributed by atoms with Gasteiger partial charge in [0.2, 0.25) is 0 Å². The topological polar surface area (TPSA) is 58.2 Å². The Balaban J connectivity index is 1.35. The number of carbonyl (C=O) groups is 1. The van der Waals surface area contributed by atoms with E-state index in [1.165, 1.54) is 12.1 Å². The predicted molar refractivity (Wildman–Crippen MR) is 149 cm³/mol. The Morgan fingerprint density at radius 3 is 2.33 bits per heavy atom. The molecule has 1 unspecified atom stereocenters. The molecule has 39 heavy (non-hydrogen) atoms. The van der Waals surface area contributed by atoms with Gasteiger partial charge in [0.25, 0.3) is 5.91 Å². The van der Waals surface area contributed by atoms with E-state index in [1.807, 2.05) is 60.7 Å². The van der Waals surface area contributed by atoms with Crippen LogP contribution in [0.15, 0.2) is 97.1 Å². The van der Waals surface area contributed by atoms with E-state index in [0.717, 1.165) is 27.8 Å². The molecule has 0 bridgehead atoms. The van der Waals surface area contributed by atoms with Crippen LogP contribution in [0.1, 0.15) is 38.8 Å². The van der Waals surface area contributed by atoms with Crippen molar-refractivity contribution in [2.75, 3.05) is 0 Å². The number of aromatic amines is 1. The van der Waals surface area contributed by atoms with Crippen molar-refractivity contribution >= 4 is 29.1 Å². The van der Waals surface area contributed by atoms with Gasteiger partial charge in [-0.3, -0.25) is 9.89 Å². The van der Waals surface area contributed by atoms with Gasteiger partial charge in [-0.15, -0.1) is 0 Å². The van der Waals surface area contributed by atoms with Gasteiger partial charge in [-0.25, -0.2) is 4.39 Å². The molecule has 6 rings (SSSR count). The fourth-order valence-electron chi connectivity index (χ4n) is 4.84. The minimum Gasteiger partial charge on any atom is -0.489 e. The van der Waals surface area contributed by atoms with Gasteiger partial charge in [0.15, 0.2) is 0 Å². The Hall–Kier alpha value is -4.13. The molecule has 194 valence electrons. The molecule has 1 N–H and O–H groups in total. The Bertz CT molecular complexity index is 1630. The first kappa shape index (κ1) is 25.2. The molecule has 0 fully saturated rings. The summed E-state index contributed by atoms with van der Waals surface area (Å²) in [6, 6.07) is 28.3.